The van der Waals surface area contributed by atoms with Gasteiger partial charge >= 0.3 is 0 Å². The fraction of sp³-hybridized carbons (Fsp3) is 0.667. The van der Waals surface area contributed by atoms with Gasteiger partial charge in [0.2, 0.25) is 0 Å². The number of rotatable bonds is 4. The number of aromatic nitrogens is 1. The highest BCUT2D eigenvalue weighted by Crippen LogP contribution is 2.26. The van der Waals surface area contributed by atoms with E-state index in [1.165, 1.54) is 18.5 Å². The molecule has 1 aliphatic heterocycles. The fourth-order valence-corrected chi connectivity index (χ4v) is 2.59. The summed E-state index contributed by atoms with van der Waals surface area (Å²) in [5, 5.41) is 3.53. The zero-order valence-electron chi connectivity index (χ0n) is 11.4. The summed E-state index contributed by atoms with van der Waals surface area (Å²) in [7, 11) is 0. The highest BCUT2D eigenvalue weighted by atomic mass is 15.2. The van der Waals surface area contributed by atoms with E-state index in [4.69, 9.17) is 4.98 Å². The first-order valence-electron chi connectivity index (χ1n) is 7.16. The van der Waals surface area contributed by atoms with Crippen LogP contribution in [0.15, 0.2) is 18.2 Å². The Labute approximate surface area is 110 Å². The molecule has 3 nitrogen and oxygen atoms in total. The van der Waals surface area contributed by atoms with Crippen molar-refractivity contribution in [3.05, 3.63) is 23.9 Å². The lowest BCUT2D eigenvalue weighted by Crippen LogP contribution is -2.22. The molecular weight excluding hydrogens is 222 g/mol. The van der Waals surface area contributed by atoms with Gasteiger partial charge in [-0.2, -0.15) is 0 Å². The predicted molar refractivity (Wildman–Crippen MR) is 74.6 cm³/mol. The summed E-state index contributed by atoms with van der Waals surface area (Å²) in [6, 6.07) is 7.16. The third-order valence-corrected chi connectivity index (χ3v) is 4.25. The van der Waals surface area contributed by atoms with Gasteiger partial charge in [-0.3, -0.25) is 0 Å². The SMILES string of the molecule is CC1CN(c2cccc(CNC3CC3)n2)CC1C. The van der Waals surface area contributed by atoms with Crippen molar-refractivity contribution in [3.8, 4) is 0 Å². The lowest BCUT2D eigenvalue weighted by molar-refractivity contribution is 0.494. The molecule has 1 aromatic rings. The summed E-state index contributed by atoms with van der Waals surface area (Å²) in [5.41, 5.74) is 1.17. The Balaban J connectivity index is 1.66. The van der Waals surface area contributed by atoms with Gasteiger partial charge in [0.05, 0.1) is 5.69 Å². The van der Waals surface area contributed by atoms with Gasteiger partial charge < -0.3 is 10.2 Å². The van der Waals surface area contributed by atoms with E-state index < -0.39 is 0 Å². The quantitative estimate of drug-likeness (QED) is 0.883. The molecule has 0 radical (unpaired) electrons. The minimum absolute atomic E-state index is 0.752. The summed E-state index contributed by atoms with van der Waals surface area (Å²) in [6.45, 7) is 7.88. The predicted octanol–water partition coefficient (Wildman–Crippen LogP) is 2.43. The molecule has 2 fully saturated rings. The zero-order valence-corrected chi connectivity index (χ0v) is 11.4. The van der Waals surface area contributed by atoms with Gasteiger partial charge in [-0.05, 0) is 36.8 Å². The Kier molecular flexibility index (Phi) is 3.25. The first kappa shape index (κ1) is 12.0. The van der Waals surface area contributed by atoms with Crippen LogP contribution >= 0.6 is 0 Å². The Bertz CT molecular complexity index is 404. The molecule has 98 valence electrons. The monoisotopic (exact) mass is 245 g/mol. The van der Waals surface area contributed by atoms with E-state index in [1.807, 2.05) is 0 Å². The molecule has 3 rings (SSSR count). The van der Waals surface area contributed by atoms with E-state index in [0.29, 0.717) is 0 Å². The molecule has 2 unspecified atom stereocenters. The van der Waals surface area contributed by atoms with Crippen LogP contribution in [0, 0.1) is 11.8 Å². The van der Waals surface area contributed by atoms with Crippen molar-refractivity contribution in [3.63, 3.8) is 0 Å². The third-order valence-electron chi connectivity index (χ3n) is 4.25. The van der Waals surface area contributed by atoms with Gasteiger partial charge in [0.25, 0.3) is 0 Å². The number of hydrogen-bond acceptors (Lipinski definition) is 3. The van der Waals surface area contributed by atoms with Crippen LogP contribution in [0.4, 0.5) is 5.82 Å². The highest BCUT2D eigenvalue weighted by molar-refractivity contribution is 5.40. The molecule has 0 spiro atoms. The van der Waals surface area contributed by atoms with Crippen LogP contribution in [0.1, 0.15) is 32.4 Å². The second kappa shape index (κ2) is 4.88. The van der Waals surface area contributed by atoms with E-state index in [9.17, 15) is 0 Å². The Morgan fingerprint density at radius 3 is 2.61 bits per heavy atom. The molecule has 0 amide bonds. The standard InChI is InChI=1S/C15H23N3/c1-11-9-18(10-12(11)2)15-5-3-4-14(17-15)8-16-13-6-7-13/h3-5,11-13,16H,6-10H2,1-2H3. The normalized spacial score (nSPS) is 27.8. The summed E-state index contributed by atoms with van der Waals surface area (Å²) < 4.78 is 0. The molecule has 0 bridgehead atoms. The maximum atomic E-state index is 4.79. The summed E-state index contributed by atoms with van der Waals surface area (Å²) >= 11 is 0. The van der Waals surface area contributed by atoms with Gasteiger partial charge in [-0.1, -0.05) is 19.9 Å². The third kappa shape index (κ3) is 2.66. The van der Waals surface area contributed by atoms with Crippen LogP contribution in [-0.2, 0) is 6.54 Å². The molecule has 1 N–H and O–H groups in total. The minimum atomic E-state index is 0.752. The lowest BCUT2D eigenvalue weighted by atomic mass is 10.0. The van der Waals surface area contributed by atoms with Gasteiger partial charge in [0.1, 0.15) is 5.82 Å². The number of nitrogens with zero attached hydrogens (tertiary/aromatic N) is 2. The molecule has 1 saturated carbocycles. The average molecular weight is 245 g/mol. The summed E-state index contributed by atoms with van der Waals surface area (Å²) in [4.78, 5) is 7.21. The molecule has 2 heterocycles. The van der Waals surface area contributed by atoms with Crippen molar-refractivity contribution in [1.82, 2.24) is 10.3 Å². The number of nitrogens with one attached hydrogen (secondary N) is 1. The number of hydrogen-bond donors (Lipinski definition) is 1. The molecule has 2 aliphatic rings. The fourth-order valence-electron chi connectivity index (χ4n) is 2.59. The second-order valence-corrected chi connectivity index (χ2v) is 6.00. The van der Waals surface area contributed by atoms with Crippen LogP contribution in [-0.4, -0.2) is 24.1 Å². The van der Waals surface area contributed by atoms with Crippen molar-refractivity contribution in [1.29, 1.82) is 0 Å². The van der Waals surface area contributed by atoms with Crippen molar-refractivity contribution < 1.29 is 0 Å². The molecule has 18 heavy (non-hydrogen) atoms. The topological polar surface area (TPSA) is 28.2 Å². The lowest BCUT2D eigenvalue weighted by Gasteiger charge is -2.18. The zero-order chi connectivity index (χ0) is 12.5. The highest BCUT2D eigenvalue weighted by Gasteiger charge is 2.27. The van der Waals surface area contributed by atoms with E-state index in [0.717, 1.165) is 43.3 Å². The summed E-state index contributed by atoms with van der Waals surface area (Å²) in [6.07, 6.45) is 2.67. The van der Waals surface area contributed by atoms with Crippen molar-refractivity contribution in [2.45, 2.75) is 39.3 Å². The number of anilines is 1. The van der Waals surface area contributed by atoms with Gasteiger partial charge in [-0.15, -0.1) is 0 Å². The Hall–Kier alpha value is -1.09. The van der Waals surface area contributed by atoms with Crippen LogP contribution in [0.3, 0.4) is 0 Å². The van der Waals surface area contributed by atoms with Crippen LogP contribution in [0.2, 0.25) is 0 Å². The van der Waals surface area contributed by atoms with Crippen molar-refractivity contribution >= 4 is 5.82 Å². The molecule has 1 aromatic heterocycles. The smallest absolute Gasteiger partial charge is 0.128 e. The largest absolute Gasteiger partial charge is 0.356 e. The molecular formula is C15H23N3. The average Bonchev–Trinajstić information content (AvgIpc) is 3.14. The van der Waals surface area contributed by atoms with E-state index in [-0.39, 0.29) is 0 Å². The van der Waals surface area contributed by atoms with E-state index in [2.05, 4.69) is 42.3 Å². The molecule has 2 atom stereocenters. The molecule has 3 heteroatoms. The van der Waals surface area contributed by atoms with E-state index in [1.54, 1.807) is 0 Å². The molecule has 1 aliphatic carbocycles. The van der Waals surface area contributed by atoms with Gasteiger partial charge in [0.15, 0.2) is 0 Å². The van der Waals surface area contributed by atoms with Gasteiger partial charge in [0, 0.05) is 25.7 Å². The van der Waals surface area contributed by atoms with Crippen LogP contribution < -0.4 is 10.2 Å². The second-order valence-electron chi connectivity index (χ2n) is 6.00. The maximum absolute atomic E-state index is 4.79. The molecule has 1 saturated heterocycles. The van der Waals surface area contributed by atoms with E-state index >= 15 is 0 Å². The summed E-state index contributed by atoms with van der Waals surface area (Å²) in [5.74, 6) is 2.71. The van der Waals surface area contributed by atoms with Crippen molar-refractivity contribution in [2.24, 2.45) is 11.8 Å². The minimum Gasteiger partial charge on any atom is -0.356 e. The Morgan fingerprint density at radius 2 is 1.94 bits per heavy atom. The Morgan fingerprint density at radius 1 is 1.22 bits per heavy atom. The first-order chi connectivity index (χ1) is 8.72. The van der Waals surface area contributed by atoms with Crippen molar-refractivity contribution in [2.75, 3.05) is 18.0 Å². The maximum Gasteiger partial charge on any atom is 0.128 e. The van der Waals surface area contributed by atoms with Crippen LogP contribution in [0.5, 0.6) is 0 Å². The van der Waals surface area contributed by atoms with Crippen LogP contribution in [0.25, 0.3) is 0 Å². The van der Waals surface area contributed by atoms with Gasteiger partial charge in [-0.25, -0.2) is 4.98 Å². The molecule has 0 aromatic carbocycles. The number of pyridine rings is 1. The first-order valence-corrected chi connectivity index (χ1v) is 7.16.